The number of carbonyl (C=O) groups is 2. The Bertz CT molecular complexity index is 1100. The van der Waals surface area contributed by atoms with Crippen molar-refractivity contribution in [1.82, 2.24) is 4.57 Å². The number of benzene rings is 1. The number of nitrogens with zero attached hydrogens (tertiary/aromatic N) is 3. The summed E-state index contributed by atoms with van der Waals surface area (Å²) in [6, 6.07) is 7.69. The van der Waals surface area contributed by atoms with Crippen LogP contribution in [0.1, 0.15) is 9.67 Å². The summed E-state index contributed by atoms with van der Waals surface area (Å²) in [5.41, 5.74) is 0.675. The molecule has 11 heteroatoms. The van der Waals surface area contributed by atoms with Gasteiger partial charge in [-0.1, -0.05) is 34.3 Å². The van der Waals surface area contributed by atoms with Gasteiger partial charge in [-0.05, 0) is 24.3 Å². The first-order valence-corrected chi connectivity index (χ1v) is 9.09. The van der Waals surface area contributed by atoms with Crippen molar-refractivity contribution in [2.45, 2.75) is 6.54 Å². The van der Waals surface area contributed by atoms with Crippen LogP contribution in [0.2, 0.25) is 5.02 Å². The van der Waals surface area contributed by atoms with Crippen LogP contribution in [-0.4, -0.2) is 28.5 Å². The van der Waals surface area contributed by atoms with E-state index in [1.165, 1.54) is 30.6 Å². The average Bonchev–Trinajstić information content (AvgIpc) is 3.20. The van der Waals surface area contributed by atoms with Crippen LogP contribution in [0.5, 0.6) is 0 Å². The van der Waals surface area contributed by atoms with E-state index in [2.05, 4.69) is 9.73 Å². The van der Waals surface area contributed by atoms with Crippen molar-refractivity contribution >= 4 is 61.4 Å². The molecular weight excluding hydrogens is 402 g/mol. The monoisotopic (exact) mass is 411 g/mol. The summed E-state index contributed by atoms with van der Waals surface area (Å²) in [6.07, 6.45) is 0. The van der Waals surface area contributed by atoms with Gasteiger partial charge in [-0.15, -0.1) is 0 Å². The zero-order valence-corrected chi connectivity index (χ0v) is 15.6. The highest BCUT2D eigenvalue weighted by Gasteiger charge is 2.16. The van der Waals surface area contributed by atoms with Gasteiger partial charge in [0.15, 0.2) is 4.80 Å². The minimum atomic E-state index is -0.626. The van der Waals surface area contributed by atoms with Crippen molar-refractivity contribution in [3.05, 3.63) is 55.1 Å². The largest absolute Gasteiger partial charge is 0.468 e. The van der Waals surface area contributed by atoms with Crippen molar-refractivity contribution in [2.24, 2.45) is 4.99 Å². The molecule has 2 aromatic heterocycles. The Kier molecular flexibility index (Phi) is 5.16. The van der Waals surface area contributed by atoms with Crippen molar-refractivity contribution in [1.29, 1.82) is 0 Å². The molecule has 0 radical (unpaired) electrons. The number of nitro groups is 1. The molecule has 0 bridgehead atoms. The molecule has 0 aliphatic rings. The number of fused-ring (bicyclic) bond motifs is 1. The lowest BCUT2D eigenvalue weighted by atomic mass is 10.3. The minimum absolute atomic E-state index is 0.130. The smallest absolute Gasteiger partial charge is 0.325 e. The molecule has 2 heterocycles. The molecule has 0 fully saturated rings. The Morgan fingerprint density at radius 1 is 1.31 bits per heavy atom. The Labute approximate surface area is 159 Å². The molecule has 3 rings (SSSR count). The standard InChI is InChI=1S/C15H10ClN3O5S2/c1-24-13(20)7-18-9-3-2-8(16)6-11(9)26-15(18)17-14(21)10-4-5-12(25-10)19(22)23/h2-6H,7H2,1H3. The molecule has 0 spiro atoms. The van der Waals surface area contributed by atoms with Gasteiger partial charge in [0.1, 0.15) is 11.4 Å². The van der Waals surface area contributed by atoms with E-state index in [0.717, 1.165) is 16.0 Å². The lowest BCUT2D eigenvalue weighted by Gasteiger charge is -2.03. The Hall–Kier alpha value is -2.56. The Balaban J connectivity index is 2.10. The number of hydrogen-bond acceptors (Lipinski definition) is 7. The third-order valence-corrected chi connectivity index (χ3v) is 5.64. The van der Waals surface area contributed by atoms with Crippen LogP contribution in [0.3, 0.4) is 0 Å². The number of aromatic nitrogens is 1. The first-order chi connectivity index (χ1) is 12.4. The molecule has 26 heavy (non-hydrogen) atoms. The second kappa shape index (κ2) is 7.36. The number of methoxy groups -OCH3 is 1. The normalized spacial score (nSPS) is 11.7. The number of esters is 1. The number of ether oxygens (including phenoxy) is 1. The van der Waals surface area contributed by atoms with Crippen LogP contribution in [-0.2, 0) is 16.1 Å². The lowest BCUT2D eigenvalue weighted by molar-refractivity contribution is -0.380. The predicted molar refractivity (Wildman–Crippen MR) is 97.7 cm³/mol. The quantitative estimate of drug-likeness (QED) is 0.372. The molecule has 0 aliphatic heterocycles. The first-order valence-electron chi connectivity index (χ1n) is 7.08. The van der Waals surface area contributed by atoms with Gasteiger partial charge in [-0.25, -0.2) is 0 Å². The minimum Gasteiger partial charge on any atom is -0.468 e. The van der Waals surface area contributed by atoms with Crippen LogP contribution in [0.15, 0.2) is 35.3 Å². The van der Waals surface area contributed by atoms with Gasteiger partial charge in [-0.3, -0.25) is 19.7 Å². The van der Waals surface area contributed by atoms with Gasteiger partial charge in [-0.2, -0.15) is 4.99 Å². The van der Waals surface area contributed by atoms with E-state index >= 15 is 0 Å². The Morgan fingerprint density at radius 3 is 2.73 bits per heavy atom. The molecule has 8 nitrogen and oxygen atoms in total. The molecule has 3 aromatic rings. The molecule has 0 saturated carbocycles. The fourth-order valence-electron chi connectivity index (χ4n) is 2.16. The maximum atomic E-state index is 12.4. The summed E-state index contributed by atoms with van der Waals surface area (Å²) in [4.78, 5) is 38.7. The molecule has 0 unspecified atom stereocenters. The topological polar surface area (TPSA) is 104 Å². The van der Waals surface area contributed by atoms with Gasteiger partial charge < -0.3 is 9.30 Å². The number of amides is 1. The van der Waals surface area contributed by atoms with E-state index in [9.17, 15) is 19.7 Å². The van der Waals surface area contributed by atoms with E-state index in [4.69, 9.17) is 11.6 Å². The number of halogens is 1. The second-order valence-corrected chi connectivity index (χ2v) is 7.48. The summed E-state index contributed by atoms with van der Waals surface area (Å²) < 4.78 is 6.97. The van der Waals surface area contributed by atoms with Crippen LogP contribution >= 0.6 is 34.3 Å². The van der Waals surface area contributed by atoms with Crippen molar-refractivity contribution in [3.8, 4) is 0 Å². The molecule has 0 atom stereocenters. The number of hydrogen-bond donors (Lipinski definition) is 0. The van der Waals surface area contributed by atoms with Gasteiger partial charge in [0.2, 0.25) is 0 Å². The number of thiazole rings is 1. The number of rotatable bonds is 4. The van der Waals surface area contributed by atoms with E-state index < -0.39 is 16.8 Å². The van der Waals surface area contributed by atoms with Crippen molar-refractivity contribution in [2.75, 3.05) is 7.11 Å². The fraction of sp³-hybridized carbons (Fsp3) is 0.133. The van der Waals surface area contributed by atoms with Crippen molar-refractivity contribution in [3.63, 3.8) is 0 Å². The third kappa shape index (κ3) is 3.66. The summed E-state index contributed by atoms with van der Waals surface area (Å²) in [5.74, 6) is -1.13. The number of carbonyl (C=O) groups excluding carboxylic acids is 2. The zero-order chi connectivity index (χ0) is 18.8. The van der Waals surface area contributed by atoms with Crippen molar-refractivity contribution < 1.29 is 19.2 Å². The third-order valence-electron chi connectivity index (χ3n) is 3.34. The summed E-state index contributed by atoms with van der Waals surface area (Å²) in [6.45, 7) is -0.130. The van der Waals surface area contributed by atoms with Crippen LogP contribution in [0.25, 0.3) is 10.2 Å². The van der Waals surface area contributed by atoms with Crippen LogP contribution in [0, 0.1) is 10.1 Å². The molecule has 134 valence electrons. The van der Waals surface area contributed by atoms with Crippen LogP contribution < -0.4 is 4.80 Å². The Morgan fingerprint density at radius 2 is 2.08 bits per heavy atom. The maximum Gasteiger partial charge on any atom is 0.325 e. The van der Waals surface area contributed by atoms with Gasteiger partial charge >= 0.3 is 11.0 Å². The zero-order valence-electron chi connectivity index (χ0n) is 13.2. The van der Waals surface area contributed by atoms with E-state index in [1.54, 1.807) is 22.8 Å². The molecule has 1 aromatic carbocycles. The second-order valence-electron chi connectivity index (χ2n) is 4.97. The van der Waals surface area contributed by atoms with E-state index in [-0.39, 0.29) is 21.2 Å². The molecule has 0 aliphatic carbocycles. The fourth-order valence-corrected chi connectivity index (χ4v) is 4.17. The summed E-state index contributed by atoms with van der Waals surface area (Å²) >= 11 is 7.92. The molecular formula is C15H10ClN3O5S2. The highest BCUT2D eigenvalue weighted by molar-refractivity contribution is 7.17. The first kappa shape index (κ1) is 18.2. The summed E-state index contributed by atoms with van der Waals surface area (Å²) in [7, 11) is 1.26. The summed E-state index contributed by atoms with van der Waals surface area (Å²) in [5, 5.41) is 11.1. The molecule has 0 saturated heterocycles. The highest BCUT2D eigenvalue weighted by atomic mass is 35.5. The predicted octanol–water partition coefficient (Wildman–Crippen LogP) is 3.24. The van der Waals surface area contributed by atoms with Gasteiger partial charge in [0.05, 0.1) is 22.2 Å². The molecule has 1 amide bonds. The average molecular weight is 412 g/mol. The number of thiophene rings is 1. The molecule has 0 N–H and O–H groups in total. The lowest BCUT2D eigenvalue weighted by Crippen LogP contribution is -2.22. The van der Waals surface area contributed by atoms with E-state index in [0.29, 0.717) is 10.5 Å². The van der Waals surface area contributed by atoms with Crippen LogP contribution in [0.4, 0.5) is 5.00 Å². The SMILES string of the molecule is COC(=O)Cn1c(=NC(=O)c2ccc([N+](=O)[O-])s2)sc2cc(Cl)ccc21. The van der Waals surface area contributed by atoms with E-state index in [1.807, 2.05) is 0 Å². The maximum absolute atomic E-state index is 12.4. The highest BCUT2D eigenvalue weighted by Crippen LogP contribution is 2.25. The van der Waals surface area contributed by atoms with Gasteiger partial charge in [0.25, 0.3) is 5.91 Å². The van der Waals surface area contributed by atoms with Gasteiger partial charge in [0, 0.05) is 11.1 Å².